The van der Waals surface area contributed by atoms with Crippen molar-refractivity contribution in [1.29, 1.82) is 0 Å². The standard InChI is InChI=1S/C42H50ClN7O7S/c1-26-22-58(54,47-40(53)33-20-49(3)45-41(33)55-4)46-39(52)28-8-13-38-35(17-28)50(23-42(24-57-38)15-5-6-27-16-30(43)9-11-34(27)42)18-29-7-10-32(29)36(51)12-14-37(26)56-21-31-19-48(2)25-44-31/h8-9,11-14,16-17,19-20,25-26,29,32,36-37,51H,5-7,10,15,18,21-24H2,1-4H3,(H,46,47,52,53,54)/b14-12+/t26-,29+,32-,36+,37+,42+,58?/m1/s1. The van der Waals surface area contributed by atoms with Gasteiger partial charge in [-0.1, -0.05) is 36.7 Å². The third kappa shape index (κ3) is 8.14. The monoisotopic (exact) mass is 831 g/mol. The van der Waals surface area contributed by atoms with Crippen LogP contribution in [0.15, 0.2) is 71.6 Å². The topological polar surface area (TPSA) is 162 Å². The number of benzene rings is 2. The lowest BCUT2D eigenvalue weighted by Gasteiger charge is -2.45. The second kappa shape index (κ2) is 16.2. The number of anilines is 1. The second-order valence-electron chi connectivity index (χ2n) is 16.3. The van der Waals surface area contributed by atoms with E-state index in [1.807, 2.05) is 30.8 Å². The minimum atomic E-state index is -3.83. The molecule has 1 spiro atoms. The number of nitrogens with zero attached hydrogens (tertiary/aromatic N) is 6. The maximum atomic E-state index is 15.0. The van der Waals surface area contributed by atoms with Crippen LogP contribution in [0.5, 0.6) is 11.6 Å². The predicted molar refractivity (Wildman–Crippen MR) is 220 cm³/mol. The van der Waals surface area contributed by atoms with Gasteiger partial charge in [0.25, 0.3) is 11.8 Å². The van der Waals surface area contributed by atoms with Gasteiger partial charge in [0.2, 0.25) is 5.88 Å². The maximum Gasteiger partial charge on any atom is 0.286 e. The van der Waals surface area contributed by atoms with Crippen LogP contribution in [0.4, 0.5) is 5.69 Å². The van der Waals surface area contributed by atoms with Crippen LogP contribution in [0.1, 0.15) is 70.1 Å². The largest absolute Gasteiger partial charge is 0.490 e. The molecule has 8 rings (SSSR count). The van der Waals surface area contributed by atoms with Gasteiger partial charge in [-0.3, -0.25) is 19.0 Å². The zero-order chi connectivity index (χ0) is 40.8. The summed E-state index contributed by atoms with van der Waals surface area (Å²) in [4.78, 5) is 34.8. The van der Waals surface area contributed by atoms with Crippen molar-refractivity contribution in [2.75, 3.05) is 37.5 Å². The summed E-state index contributed by atoms with van der Waals surface area (Å²) in [6.07, 6.45) is 11.7. The number of amides is 2. The average Bonchev–Trinajstić information content (AvgIpc) is 3.74. The fourth-order valence-electron chi connectivity index (χ4n) is 9.01. The molecule has 58 heavy (non-hydrogen) atoms. The van der Waals surface area contributed by atoms with E-state index in [0.717, 1.165) is 37.8 Å². The number of nitrogens with one attached hydrogen (secondary N) is 1. The van der Waals surface area contributed by atoms with E-state index in [0.29, 0.717) is 36.2 Å². The molecule has 1 unspecified atom stereocenters. The number of halogens is 1. The molecular weight excluding hydrogens is 782 g/mol. The van der Waals surface area contributed by atoms with Gasteiger partial charge in [0.1, 0.15) is 21.2 Å². The summed E-state index contributed by atoms with van der Waals surface area (Å²) in [7, 11) is 1.05. The molecule has 2 aliphatic heterocycles. The molecule has 4 aliphatic rings. The highest BCUT2D eigenvalue weighted by Gasteiger charge is 2.44. The molecule has 1 fully saturated rings. The molecule has 0 radical (unpaired) electrons. The van der Waals surface area contributed by atoms with E-state index in [4.69, 9.17) is 25.8 Å². The van der Waals surface area contributed by atoms with Crippen LogP contribution >= 0.6 is 11.6 Å². The highest BCUT2D eigenvalue weighted by Crippen LogP contribution is 2.47. The van der Waals surface area contributed by atoms with Crippen molar-refractivity contribution >= 4 is 39.0 Å². The van der Waals surface area contributed by atoms with Crippen molar-refractivity contribution in [3.8, 4) is 11.6 Å². The summed E-state index contributed by atoms with van der Waals surface area (Å²) in [5.74, 6) is -1.51. The van der Waals surface area contributed by atoms with Crippen LogP contribution in [0.2, 0.25) is 5.02 Å². The number of rotatable bonds is 6. The summed E-state index contributed by atoms with van der Waals surface area (Å²) in [5, 5.41) is 16.6. The second-order valence-corrected chi connectivity index (χ2v) is 18.7. The number of hydrogen-bond donors (Lipinski definition) is 2. The number of methoxy groups -OCH3 is 1. The Morgan fingerprint density at radius 3 is 2.76 bits per heavy atom. The Bertz CT molecular complexity index is 2370. The molecule has 2 aliphatic carbocycles. The first-order valence-corrected chi connectivity index (χ1v) is 21.8. The van der Waals surface area contributed by atoms with Gasteiger partial charge in [-0.05, 0) is 85.4 Å². The van der Waals surface area contributed by atoms with E-state index in [9.17, 15) is 14.7 Å². The van der Waals surface area contributed by atoms with E-state index in [1.54, 1.807) is 43.7 Å². The number of fused-ring (bicyclic) bond motifs is 4. The van der Waals surface area contributed by atoms with Gasteiger partial charge in [0.05, 0.1) is 56.0 Å². The first-order chi connectivity index (χ1) is 27.8. The average molecular weight is 832 g/mol. The minimum absolute atomic E-state index is 0.0188. The molecule has 4 heterocycles. The lowest BCUT2D eigenvalue weighted by atomic mass is 9.68. The van der Waals surface area contributed by atoms with Crippen molar-refractivity contribution in [3.63, 3.8) is 0 Å². The van der Waals surface area contributed by atoms with Gasteiger partial charge in [0, 0.05) is 61.5 Å². The molecule has 2 amide bonds. The van der Waals surface area contributed by atoms with Crippen LogP contribution in [0, 0.1) is 17.8 Å². The van der Waals surface area contributed by atoms with Crippen molar-refractivity contribution in [3.05, 3.63) is 100 Å². The van der Waals surface area contributed by atoms with Crippen molar-refractivity contribution in [2.45, 2.75) is 63.3 Å². The minimum Gasteiger partial charge on any atom is -0.490 e. The number of hydrogen-bond acceptors (Lipinski definition) is 10. The van der Waals surface area contributed by atoms with Gasteiger partial charge in [-0.15, -0.1) is 9.46 Å². The number of imidazole rings is 1. The number of carbonyl (C=O) groups is 2. The highest BCUT2D eigenvalue weighted by atomic mass is 35.5. The molecule has 7 atom stereocenters. The summed E-state index contributed by atoms with van der Waals surface area (Å²) >= 11 is 6.47. The Labute approximate surface area is 343 Å². The SMILES string of the molecule is COc1nn(C)cc1C(=O)NS1(=O)=NC(=O)c2ccc3c(c2)N(C[C@@H]2CC[C@H]2[C@@H](O)/C=C/[C@H](OCc2cn(C)cn2)[C@H](C)C1)C[C@@]1(CCCc2cc(Cl)ccc21)CO3. The number of ether oxygens (including phenoxy) is 3. The van der Waals surface area contributed by atoms with E-state index in [1.165, 1.54) is 29.1 Å². The molecule has 2 aromatic carbocycles. The van der Waals surface area contributed by atoms with Crippen LogP contribution in [0.3, 0.4) is 0 Å². The Balaban J connectivity index is 1.21. The summed E-state index contributed by atoms with van der Waals surface area (Å²) in [6, 6.07) is 11.3. The predicted octanol–water partition coefficient (Wildman–Crippen LogP) is 5.42. The molecular formula is C42H50ClN7O7S. The lowest BCUT2D eigenvalue weighted by Crippen LogP contribution is -2.49. The smallest absolute Gasteiger partial charge is 0.286 e. The molecule has 2 aromatic heterocycles. The molecule has 2 N–H and O–H groups in total. The highest BCUT2D eigenvalue weighted by molar-refractivity contribution is 7.92. The zero-order valence-corrected chi connectivity index (χ0v) is 34.7. The molecule has 0 saturated heterocycles. The summed E-state index contributed by atoms with van der Waals surface area (Å²) in [5.41, 5.74) is 3.75. The maximum absolute atomic E-state index is 15.0. The third-order valence-corrected chi connectivity index (χ3v) is 14.3. The molecule has 4 aromatic rings. The zero-order valence-electron chi connectivity index (χ0n) is 33.2. The molecule has 14 nitrogen and oxygen atoms in total. The van der Waals surface area contributed by atoms with E-state index in [2.05, 4.69) is 36.2 Å². The first kappa shape index (κ1) is 40.1. The molecule has 308 valence electrons. The number of carbonyl (C=O) groups excluding carboxylic acids is 2. The Hall–Kier alpha value is -4.70. The van der Waals surface area contributed by atoms with Crippen molar-refractivity contribution in [2.24, 2.45) is 36.2 Å². The number of aliphatic hydroxyl groups excluding tert-OH is 1. The van der Waals surface area contributed by atoms with Crippen LogP contribution in [0.25, 0.3) is 0 Å². The van der Waals surface area contributed by atoms with Crippen molar-refractivity contribution < 1.29 is 33.1 Å². The van der Waals surface area contributed by atoms with Crippen LogP contribution < -0.4 is 19.1 Å². The quantitative estimate of drug-likeness (QED) is 0.240. The number of aromatic nitrogens is 4. The van der Waals surface area contributed by atoms with Gasteiger partial charge >= 0.3 is 0 Å². The third-order valence-electron chi connectivity index (χ3n) is 12.1. The Morgan fingerprint density at radius 1 is 1.16 bits per heavy atom. The van der Waals surface area contributed by atoms with Crippen LogP contribution in [-0.4, -0.2) is 85.2 Å². The van der Waals surface area contributed by atoms with E-state index in [-0.39, 0.29) is 46.6 Å². The molecule has 16 heteroatoms. The summed E-state index contributed by atoms with van der Waals surface area (Å²) in [6.45, 7) is 3.65. The van der Waals surface area contributed by atoms with Gasteiger partial charge in [-0.25, -0.2) is 9.19 Å². The van der Waals surface area contributed by atoms with E-state index < -0.39 is 39.9 Å². The summed E-state index contributed by atoms with van der Waals surface area (Å²) < 4.78 is 43.5. The normalized spacial score (nSPS) is 28.9. The number of aliphatic hydroxyl groups is 1. The van der Waals surface area contributed by atoms with Crippen LogP contribution in [-0.2, 0) is 47.2 Å². The number of aryl methyl sites for hydroxylation is 3. The van der Waals surface area contributed by atoms with Gasteiger partial charge < -0.3 is 28.8 Å². The lowest BCUT2D eigenvalue weighted by molar-refractivity contribution is 0.0331. The first-order valence-electron chi connectivity index (χ1n) is 19.8. The van der Waals surface area contributed by atoms with Gasteiger partial charge in [0.15, 0.2) is 0 Å². The van der Waals surface area contributed by atoms with Crippen molar-refractivity contribution in [1.82, 2.24) is 24.1 Å². The Morgan fingerprint density at radius 2 is 2.00 bits per heavy atom. The fourth-order valence-corrected chi connectivity index (χ4v) is 11.1. The van der Waals surface area contributed by atoms with Gasteiger partial charge in [-0.2, -0.15) is 0 Å². The fraction of sp³-hybridized carbons (Fsp3) is 0.476. The van der Waals surface area contributed by atoms with E-state index >= 15 is 4.21 Å². The molecule has 2 bridgehead atoms. The Kier molecular flexibility index (Phi) is 11.2. The molecule has 1 saturated carbocycles.